The van der Waals surface area contributed by atoms with Crippen molar-refractivity contribution in [3.05, 3.63) is 34.9 Å². The molecule has 1 heterocycles. The van der Waals surface area contributed by atoms with Gasteiger partial charge in [0.05, 0.1) is 0 Å². The molecule has 2 aliphatic rings. The van der Waals surface area contributed by atoms with Gasteiger partial charge >= 0.3 is 0 Å². The zero-order valence-corrected chi connectivity index (χ0v) is 11.4. The molecule has 102 valence electrons. The van der Waals surface area contributed by atoms with Crippen molar-refractivity contribution in [3.63, 3.8) is 0 Å². The molecule has 1 aliphatic carbocycles. The molecule has 2 N–H and O–H groups in total. The summed E-state index contributed by atoms with van der Waals surface area (Å²) in [5, 5.41) is 0. The summed E-state index contributed by atoms with van der Waals surface area (Å²) >= 11 is 0. The van der Waals surface area contributed by atoms with E-state index in [9.17, 15) is 4.79 Å². The van der Waals surface area contributed by atoms with Gasteiger partial charge < -0.3 is 10.6 Å². The third kappa shape index (κ3) is 2.66. The lowest BCUT2D eigenvalue weighted by Gasteiger charge is -2.30. The summed E-state index contributed by atoms with van der Waals surface area (Å²) < 4.78 is 0. The highest BCUT2D eigenvalue weighted by Crippen LogP contribution is 2.23. The van der Waals surface area contributed by atoms with Gasteiger partial charge in [-0.05, 0) is 61.8 Å². The van der Waals surface area contributed by atoms with Crippen LogP contribution in [0, 0.1) is 0 Å². The molecular formula is C16H22N2O. The van der Waals surface area contributed by atoms with Crippen LogP contribution in [0.5, 0.6) is 0 Å². The second-order valence-corrected chi connectivity index (χ2v) is 5.82. The highest BCUT2D eigenvalue weighted by atomic mass is 16.2. The molecule has 1 aromatic rings. The van der Waals surface area contributed by atoms with E-state index in [4.69, 9.17) is 5.73 Å². The van der Waals surface area contributed by atoms with Crippen LogP contribution < -0.4 is 5.73 Å². The summed E-state index contributed by atoms with van der Waals surface area (Å²) in [4.78, 5) is 14.4. The van der Waals surface area contributed by atoms with Crippen molar-refractivity contribution < 1.29 is 4.79 Å². The average molecular weight is 258 g/mol. The summed E-state index contributed by atoms with van der Waals surface area (Å²) in [6, 6.07) is 6.54. The molecule has 3 heteroatoms. The van der Waals surface area contributed by atoms with E-state index in [0.29, 0.717) is 0 Å². The van der Waals surface area contributed by atoms with Crippen molar-refractivity contribution in [3.8, 4) is 0 Å². The minimum absolute atomic E-state index is 0.181. The Bertz CT molecular complexity index is 476. The number of benzene rings is 1. The number of nitrogens with zero attached hydrogens (tertiary/aromatic N) is 1. The predicted octanol–water partition coefficient (Wildman–Crippen LogP) is 2.13. The fourth-order valence-electron chi connectivity index (χ4n) is 3.15. The Morgan fingerprint density at radius 2 is 1.79 bits per heavy atom. The smallest absolute Gasteiger partial charge is 0.253 e. The molecule has 0 unspecified atom stereocenters. The maximum Gasteiger partial charge on any atom is 0.253 e. The average Bonchev–Trinajstić information content (AvgIpc) is 2.47. The number of hydrogen-bond donors (Lipinski definition) is 1. The summed E-state index contributed by atoms with van der Waals surface area (Å²) in [7, 11) is 0. The second-order valence-electron chi connectivity index (χ2n) is 5.82. The van der Waals surface area contributed by atoms with Gasteiger partial charge in [0.25, 0.3) is 5.91 Å². The van der Waals surface area contributed by atoms with Gasteiger partial charge in [-0.2, -0.15) is 0 Å². The van der Waals surface area contributed by atoms with Gasteiger partial charge in [0, 0.05) is 24.7 Å². The third-order valence-corrected chi connectivity index (χ3v) is 4.42. The predicted molar refractivity (Wildman–Crippen MR) is 76.2 cm³/mol. The zero-order valence-electron chi connectivity index (χ0n) is 11.4. The number of rotatable bonds is 1. The van der Waals surface area contributed by atoms with Gasteiger partial charge in [-0.3, -0.25) is 4.79 Å². The Kier molecular flexibility index (Phi) is 3.56. The van der Waals surface area contributed by atoms with E-state index >= 15 is 0 Å². The van der Waals surface area contributed by atoms with Crippen molar-refractivity contribution in [2.75, 3.05) is 13.1 Å². The molecule has 0 atom stereocenters. The van der Waals surface area contributed by atoms with Crippen LogP contribution in [0.3, 0.4) is 0 Å². The van der Waals surface area contributed by atoms with Crippen molar-refractivity contribution in [1.29, 1.82) is 0 Å². The Morgan fingerprint density at radius 1 is 1.11 bits per heavy atom. The molecule has 1 aliphatic heterocycles. The number of hydrogen-bond acceptors (Lipinski definition) is 2. The number of nitrogens with two attached hydrogens (primary N) is 1. The fraction of sp³-hybridized carbons (Fsp3) is 0.562. The van der Waals surface area contributed by atoms with Crippen molar-refractivity contribution in [1.82, 2.24) is 4.90 Å². The number of carbonyl (C=O) groups is 1. The molecule has 1 aromatic carbocycles. The van der Waals surface area contributed by atoms with Gasteiger partial charge in [0.2, 0.25) is 0 Å². The lowest BCUT2D eigenvalue weighted by Crippen LogP contribution is -2.42. The molecule has 0 saturated carbocycles. The molecule has 0 aromatic heterocycles. The molecule has 19 heavy (non-hydrogen) atoms. The quantitative estimate of drug-likeness (QED) is 0.838. The number of carbonyl (C=O) groups excluding carboxylic acids is 1. The van der Waals surface area contributed by atoms with Crippen LogP contribution in [0.15, 0.2) is 18.2 Å². The summed E-state index contributed by atoms with van der Waals surface area (Å²) in [5.74, 6) is 0.181. The van der Waals surface area contributed by atoms with E-state index in [1.165, 1.54) is 30.4 Å². The molecule has 1 saturated heterocycles. The fourth-order valence-corrected chi connectivity index (χ4v) is 3.15. The molecule has 0 spiro atoms. The van der Waals surface area contributed by atoms with Crippen LogP contribution in [0.25, 0.3) is 0 Å². The van der Waals surface area contributed by atoms with Crippen LogP contribution in [0.1, 0.15) is 47.2 Å². The molecule has 3 rings (SSSR count). The van der Waals surface area contributed by atoms with E-state index in [0.717, 1.165) is 37.9 Å². The topological polar surface area (TPSA) is 46.3 Å². The Hall–Kier alpha value is -1.35. The van der Waals surface area contributed by atoms with Crippen LogP contribution in [0.2, 0.25) is 0 Å². The van der Waals surface area contributed by atoms with E-state index < -0.39 is 0 Å². The van der Waals surface area contributed by atoms with E-state index in [-0.39, 0.29) is 11.9 Å². The first-order chi connectivity index (χ1) is 9.24. The first kappa shape index (κ1) is 12.7. The summed E-state index contributed by atoms with van der Waals surface area (Å²) in [6.45, 7) is 1.61. The van der Waals surface area contributed by atoms with Crippen LogP contribution in [-0.4, -0.2) is 29.9 Å². The normalized spacial score (nSPS) is 20.2. The molecule has 0 bridgehead atoms. The number of fused-ring (bicyclic) bond motifs is 1. The van der Waals surface area contributed by atoms with Crippen LogP contribution in [0.4, 0.5) is 0 Å². The van der Waals surface area contributed by atoms with Crippen molar-refractivity contribution >= 4 is 5.91 Å². The highest BCUT2D eigenvalue weighted by Gasteiger charge is 2.22. The van der Waals surface area contributed by atoms with Gasteiger partial charge in [0.1, 0.15) is 0 Å². The molecule has 0 radical (unpaired) electrons. The number of aryl methyl sites for hydroxylation is 2. The standard InChI is InChI=1S/C16H22N2O/c17-15-7-9-18(10-8-15)16(19)14-6-5-12-3-1-2-4-13(12)11-14/h5-6,11,15H,1-4,7-10,17H2. The summed E-state index contributed by atoms with van der Waals surface area (Å²) in [6.07, 6.45) is 6.69. The maximum absolute atomic E-state index is 12.5. The number of amides is 1. The first-order valence-corrected chi connectivity index (χ1v) is 7.41. The minimum atomic E-state index is 0.181. The van der Waals surface area contributed by atoms with Crippen molar-refractivity contribution in [2.45, 2.75) is 44.6 Å². The Morgan fingerprint density at radius 3 is 2.53 bits per heavy atom. The zero-order chi connectivity index (χ0) is 13.2. The van der Waals surface area contributed by atoms with Gasteiger partial charge in [-0.1, -0.05) is 6.07 Å². The molecule has 1 amide bonds. The largest absolute Gasteiger partial charge is 0.339 e. The first-order valence-electron chi connectivity index (χ1n) is 7.41. The van der Waals surface area contributed by atoms with Gasteiger partial charge in [-0.15, -0.1) is 0 Å². The van der Waals surface area contributed by atoms with E-state index in [2.05, 4.69) is 12.1 Å². The van der Waals surface area contributed by atoms with Gasteiger partial charge in [-0.25, -0.2) is 0 Å². The molecule has 1 fully saturated rings. The van der Waals surface area contributed by atoms with E-state index in [1.807, 2.05) is 11.0 Å². The third-order valence-electron chi connectivity index (χ3n) is 4.42. The van der Waals surface area contributed by atoms with Gasteiger partial charge in [0.15, 0.2) is 0 Å². The maximum atomic E-state index is 12.5. The van der Waals surface area contributed by atoms with E-state index in [1.54, 1.807) is 0 Å². The van der Waals surface area contributed by atoms with Crippen LogP contribution >= 0.6 is 0 Å². The molecular weight excluding hydrogens is 236 g/mol. The number of likely N-dealkylation sites (tertiary alicyclic amines) is 1. The minimum Gasteiger partial charge on any atom is -0.339 e. The molecule has 3 nitrogen and oxygen atoms in total. The number of piperidine rings is 1. The van der Waals surface area contributed by atoms with Crippen molar-refractivity contribution in [2.24, 2.45) is 5.73 Å². The lowest BCUT2D eigenvalue weighted by molar-refractivity contribution is 0.0714. The second kappa shape index (κ2) is 5.33. The Labute approximate surface area is 114 Å². The Balaban J connectivity index is 1.76. The van der Waals surface area contributed by atoms with Crippen LogP contribution in [-0.2, 0) is 12.8 Å². The summed E-state index contributed by atoms with van der Waals surface area (Å²) in [5.41, 5.74) is 9.56. The SMILES string of the molecule is NC1CCN(C(=O)c2ccc3c(c2)CCCC3)CC1. The highest BCUT2D eigenvalue weighted by molar-refractivity contribution is 5.94. The monoisotopic (exact) mass is 258 g/mol. The lowest BCUT2D eigenvalue weighted by atomic mass is 9.90.